The second-order valence-electron chi connectivity index (χ2n) is 9.05. The van der Waals surface area contributed by atoms with E-state index in [-0.39, 0.29) is 27.3 Å². The average molecular weight is 476 g/mol. The lowest BCUT2D eigenvalue weighted by Gasteiger charge is -2.33. The molecule has 8 heteroatoms. The third-order valence-corrected chi connectivity index (χ3v) is 9.30. The molecule has 172 valence electrons. The van der Waals surface area contributed by atoms with E-state index in [0.29, 0.717) is 32.5 Å². The van der Waals surface area contributed by atoms with Crippen LogP contribution in [-0.2, 0) is 20.2 Å². The van der Waals surface area contributed by atoms with E-state index in [1.165, 1.54) is 40.5 Å². The first kappa shape index (κ1) is 23.2. The normalized spacial score (nSPS) is 19.7. The van der Waals surface area contributed by atoms with Crippen LogP contribution in [0.2, 0.25) is 5.15 Å². The van der Waals surface area contributed by atoms with Gasteiger partial charge in [-0.05, 0) is 50.3 Å². The molecule has 6 nitrogen and oxygen atoms in total. The van der Waals surface area contributed by atoms with E-state index < -0.39 is 10.0 Å². The van der Waals surface area contributed by atoms with Crippen LogP contribution < -0.4 is 5.32 Å². The van der Waals surface area contributed by atoms with Gasteiger partial charge in [0.15, 0.2) is 0 Å². The summed E-state index contributed by atoms with van der Waals surface area (Å²) in [5, 5.41) is 3.19. The number of hydrogen-bond acceptors (Lipinski definition) is 4. The third-order valence-electron chi connectivity index (χ3n) is 6.96. The molecule has 1 aromatic carbocycles. The topological polar surface area (TPSA) is 79.4 Å². The lowest BCUT2D eigenvalue weighted by atomic mass is 9.78. The van der Waals surface area contributed by atoms with Crippen LogP contribution in [0.15, 0.2) is 47.5 Å². The molecule has 0 unspecified atom stereocenters. The van der Waals surface area contributed by atoms with E-state index in [1.807, 2.05) is 0 Å². The van der Waals surface area contributed by atoms with Gasteiger partial charge in [0.05, 0.1) is 0 Å². The first-order valence-corrected chi connectivity index (χ1v) is 13.1. The second-order valence-corrected chi connectivity index (χ2v) is 11.3. The fourth-order valence-corrected chi connectivity index (χ4v) is 6.95. The summed E-state index contributed by atoms with van der Waals surface area (Å²) in [6.45, 7) is 3.34. The monoisotopic (exact) mass is 475 g/mol. The zero-order chi connectivity index (χ0) is 22.8. The molecule has 32 heavy (non-hydrogen) atoms. The van der Waals surface area contributed by atoms with Crippen LogP contribution in [0.5, 0.6) is 0 Å². The fraction of sp³-hybridized carbons (Fsp3) is 0.500. The first-order chi connectivity index (χ1) is 15.3. The van der Waals surface area contributed by atoms with Gasteiger partial charge in [-0.3, -0.25) is 4.79 Å². The Morgan fingerprint density at radius 3 is 2.56 bits per heavy atom. The summed E-state index contributed by atoms with van der Waals surface area (Å²) in [5.41, 5.74) is 2.55. The van der Waals surface area contributed by atoms with Gasteiger partial charge < -0.3 is 5.32 Å². The highest BCUT2D eigenvalue weighted by molar-refractivity contribution is 7.89. The number of hydrogen-bond donors (Lipinski definition) is 1. The zero-order valence-electron chi connectivity index (χ0n) is 18.4. The molecule has 1 aromatic heterocycles. The van der Waals surface area contributed by atoms with Crippen molar-refractivity contribution in [1.29, 1.82) is 0 Å². The fourth-order valence-electron chi connectivity index (χ4n) is 5.06. The van der Waals surface area contributed by atoms with E-state index >= 15 is 0 Å². The standard InChI is InChI=1S/C24H30ClN3O3S/c1-18-6-4-7-20(16-18)24(11-2-3-12-24)17-27-23(29)19-9-14-28(15-10-19)32(30,31)21-8-5-13-26-22(21)25/h4-8,13,16,19H,2-3,9-12,14-15,17H2,1H3,(H,27,29). The Balaban J connectivity index is 1.37. The molecule has 1 N–H and O–H groups in total. The number of halogens is 1. The number of pyridine rings is 1. The molecule has 0 bridgehead atoms. The molecular formula is C24H30ClN3O3S. The maximum absolute atomic E-state index is 13.0. The summed E-state index contributed by atoms with van der Waals surface area (Å²) < 4.78 is 27.2. The lowest BCUT2D eigenvalue weighted by Crippen LogP contribution is -2.46. The molecule has 2 fully saturated rings. The summed E-state index contributed by atoms with van der Waals surface area (Å²) >= 11 is 6.00. The molecule has 2 aromatic rings. The van der Waals surface area contributed by atoms with Crippen molar-refractivity contribution in [2.45, 2.75) is 55.8 Å². The summed E-state index contributed by atoms with van der Waals surface area (Å²) in [5.74, 6) is -0.151. The van der Waals surface area contributed by atoms with Crippen molar-refractivity contribution in [2.24, 2.45) is 5.92 Å². The molecule has 0 spiro atoms. The quantitative estimate of drug-likeness (QED) is 0.638. The minimum absolute atomic E-state index is 0.00276. The Morgan fingerprint density at radius 2 is 1.91 bits per heavy atom. The smallest absolute Gasteiger partial charge is 0.246 e. The van der Waals surface area contributed by atoms with Crippen molar-refractivity contribution in [2.75, 3.05) is 19.6 Å². The van der Waals surface area contributed by atoms with Gasteiger partial charge in [-0.1, -0.05) is 54.3 Å². The van der Waals surface area contributed by atoms with Crippen LogP contribution in [0.25, 0.3) is 0 Å². The number of amides is 1. The Morgan fingerprint density at radius 1 is 1.19 bits per heavy atom. The number of aryl methyl sites for hydroxylation is 1. The van der Waals surface area contributed by atoms with Gasteiger partial charge >= 0.3 is 0 Å². The van der Waals surface area contributed by atoms with E-state index in [2.05, 4.69) is 41.5 Å². The van der Waals surface area contributed by atoms with Crippen molar-refractivity contribution in [3.8, 4) is 0 Å². The third kappa shape index (κ3) is 4.70. The van der Waals surface area contributed by atoms with Crippen molar-refractivity contribution in [3.63, 3.8) is 0 Å². The highest BCUT2D eigenvalue weighted by Crippen LogP contribution is 2.41. The van der Waals surface area contributed by atoms with E-state index in [9.17, 15) is 13.2 Å². The van der Waals surface area contributed by atoms with Crippen molar-refractivity contribution in [3.05, 3.63) is 58.9 Å². The molecule has 2 heterocycles. The summed E-state index contributed by atoms with van der Waals surface area (Å²) in [7, 11) is -3.71. The average Bonchev–Trinajstić information content (AvgIpc) is 3.28. The van der Waals surface area contributed by atoms with Crippen LogP contribution in [0, 0.1) is 12.8 Å². The Hall–Kier alpha value is -1.96. The highest BCUT2D eigenvalue weighted by Gasteiger charge is 2.38. The minimum Gasteiger partial charge on any atom is -0.355 e. The van der Waals surface area contributed by atoms with E-state index in [4.69, 9.17) is 11.6 Å². The van der Waals surface area contributed by atoms with Gasteiger partial charge in [0.2, 0.25) is 15.9 Å². The molecule has 1 aliphatic heterocycles. The summed E-state index contributed by atoms with van der Waals surface area (Å²) in [6, 6.07) is 11.6. The number of aromatic nitrogens is 1. The van der Waals surface area contributed by atoms with Gasteiger partial charge in [-0.25, -0.2) is 13.4 Å². The van der Waals surface area contributed by atoms with Crippen LogP contribution in [-0.4, -0.2) is 43.2 Å². The van der Waals surface area contributed by atoms with Gasteiger partial charge in [0.1, 0.15) is 10.0 Å². The number of benzene rings is 1. The molecule has 1 aliphatic carbocycles. The number of carbonyl (C=O) groups is 1. The molecular weight excluding hydrogens is 446 g/mol. The van der Waals surface area contributed by atoms with Crippen molar-refractivity contribution >= 4 is 27.5 Å². The molecule has 2 aliphatic rings. The highest BCUT2D eigenvalue weighted by atomic mass is 35.5. The van der Waals surface area contributed by atoms with Crippen LogP contribution in [0.1, 0.15) is 49.7 Å². The van der Waals surface area contributed by atoms with Crippen LogP contribution in [0.4, 0.5) is 0 Å². The maximum atomic E-state index is 13.0. The Kier molecular flexibility index (Phi) is 6.89. The van der Waals surface area contributed by atoms with E-state index in [1.54, 1.807) is 6.07 Å². The second kappa shape index (κ2) is 9.49. The number of rotatable bonds is 6. The number of sulfonamides is 1. The Labute approximate surface area is 195 Å². The molecule has 0 radical (unpaired) electrons. The summed E-state index contributed by atoms with van der Waals surface area (Å²) in [4.78, 5) is 16.9. The lowest BCUT2D eigenvalue weighted by molar-refractivity contribution is -0.126. The summed E-state index contributed by atoms with van der Waals surface area (Å²) in [6.07, 6.45) is 6.99. The Bertz CT molecular complexity index is 1080. The number of carbonyl (C=O) groups excluding carboxylic acids is 1. The maximum Gasteiger partial charge on any atom is 0.246 e. The predicted octanol–water partition coefficient (Wildman–Crippen LogP) is 4.07. The van der Waals surface area contributed by atoms with Crippen molar-refractivity contribution in [1.82, 2.24) is 14.6 Å². The van der Waals surface area contributed by atoms with Crippen molar-refractivity contribution < 1.29 is 13.2 Å². The van der Waals surface area contributed by atoms with Crippen LogP contribution >= 0.6 is 11.6 Å². The SMILES string of the molecule is Cc1cccc(C2(CNC(=O)C3CCN(S(=O)(=O)c4cccnc4Cl)CC3)CCCC2)c1. The van der Waals surface area contributed by atoms with Crippen LogP contribution in [0.3, 0.4) is 0 Å². The van der Waals surface area contributed by atoms with Gasteiger partial charge in [0, 0.05) is 37.2 Å². The molecule has 1 amide bonds. The first-order valence-electron chi connectivity index (χ1n) is 11.3. The van der Waals surface area contributed by atoms with Gasteiger partial charge in [0.25, 0.3) is 0 Å². The van der Waals surface area contributed by atoms with E-state index in [0.717, 1.165) is 12.8 Å². The molecule has 1 saturated carbocycles. The number of piperidine rings is 1. The van der Waals surface area contributed by atoms with Gasteiger partial charge in [-0.15, -0.1) is 0 Å². The molecule has 4 rings (SSSR count). The predicted molar refractivity (Wildman–Crippen MR) is 125 cm³/mol. The van der Waals surface area contributed by atoms with Gasteiger partial charge in [-0.2, -0.15) is 4.31 Å². The number of nitrogens with zero attached hydrogens (tertiary/aromatic N) is 2. The largest absolute Gasteiger partial charge is 0.355 e. The minimum atomic E-state index is -3.71. The zero-order valence-corrected chi connectivity index (χ0v) is 20.0. The number of nitrogens with one attached hydrogen (secondary N) is 1. The molecule has 1 saturated heterocycles. The molecule has 0 atom stereocenters.